The van der Waals surface area contributed by atoms with Crippen LogP contribution < -0.4 is 25.6 Å². The monoisotopic (exact) mass is 323 g/mol. The average Bonchev–Trinajstić information content (AvgIpc) is 3.04. The number of nitrogens with one attached hydrogen (secondary N) is 3. The second kappa shape index (κ2) is 7.30. The SMILES string of the molecule is COc1ccc(C2CC(C(=O)N[C@H](C)C(=O)O)NN2)cc1OC. The highest BCUT2D eigenvalue weighted by atomic mass is 16.5. The van der Waals surface area contributed by atoms with Crippen LogP contribution in [0.25, 0.3) is 0 Å². The standard InChI is InChI=1S/C15H21N3O5/c1-8(15(20)21)16-14(19)11-7-10(17-18-11)9-4-5-12(22-2)13(6-9)23-3/h4-6,8,10-11,17-18H,7H2,1-3H3,(H,16,19)(H,20,21)/t8-,10?,11?/m1/s1. The van der Waals surface area contributed by atoms with Crippen molar-refractivity contribution in [3.05, 3.63) is 23.8 Å². The maximum absolute atomic E-state index is 12.0. The molecule has 0 spiro atoms. The lowest BCUT2D eigenvalue weighted by atomic mass is 10.0. The van der Waals surface area contributed by atoms with Crippen molar-refractivity contribution in [2.75, 3.05) is 14.2 Å². The number of rotatable bonds is 6. The fourth-order valence-electron chi connectivity index (χ4n) is 2.39. The van der Waals surface area contributed by atoms with Crippen LogP contribution in [0.4, 0.5) is 0 Å². The van der Waals surface area contributed by atoms with Crippen LogP contribution in [0, 0.1) is 0 Å². The van der Waals surface area contributed by atoms with Gasteiger partial charge in [-0.15, -0.1) is 0 Å². The van der Waals surface area contributed by atoms with Gasteiger partial charge in [0.2, 0.25) is 5.91 Å². The Hall–Kier alpha value is -2.32. The van der Waals surface area contributed by atoms with Gasteiger partial charge in [0.25, 0.3) is 0 Å². The minimum absolute atomic E-state index is 0.0920. The Morgan fingerprint density at radius 3 is 2.57 bits per heavy atom. The Kier molecular flexibility index (Phi) is 5.41. The Morgan fingerprint density at radius 2 is 1.96 bits per heavy atom. The number of amides is 1. The van der Waals surface area contributed by atoms with Crippen LogP contribution in [0.5, 0.6) is 11.5 Å². The van der Waals surface area contributed by atoms with Crippen molar-refractivity contribution in [3.8, 4) is 11.5 Å². The van der Waals surface area contributed by atoms with Crippen LogP contribution in [0.1, 0.15) is 24.9 Å². The van der Waals surface area contributed by atoms with Gasteiger partial charge in [0.1, 0.15) is 12.1 Å². The van der Waals surface area contributed by atoms with Gasteiger partial charge >= 0.3 is 5.97 Å². The van der Waals surface area contributed by atoms with Crippen LogP contribution in [-0.2, 0) is 9.59 Å². The first-order valence-electron chi connectivity index (χ1n) is 7.22. The van der Waals surface area contributed by atoms with Gasteiger partial charge in [0, 0.05) is 6.04 Å². The number of methoxy groups -OCH3 is 2. The van der Waals surface area contributed by atoms with Gasteiger partial charge < -0.3 is 19.9 Å². The van der Waals surface area contributed by atoms with Gasteiger partial charge in [-0.2, -0.15) is 0 Å². The van der Waals surface area contributed by atoms with Crippen molar-refractivity contribution in [1.82, 2.24) is 16.2 Å². The molecular formula is C15H21N3O5. The molecule has 1 aromatic rings. The summed E-state index contributed by atoms with van der Waals surface area (Å²) in [4.78, 5) is 22.8. The molecule has 0 bridgehead atoms. The second-order valence-corrected chi connectivity index (χ2v) is 5.31. The predicted molar refractivity (Wildman–Crippen MR) is 82.2 cm³/mol. The summed E-state index contributed by atoms with van der Waals surface area (Å²) in [6, 6.07) is 4.01. The maximum Gasteiger partial charge on any atom is 0.325 e. The zero-order valence-corrected chi connectivity index (χ0v) is 13.3. The van der Waals surface area contributed by atoms with E-state index in [-0.39, 0.29) is 11.9 Å². The van der Waals surface area contributed by atoms with Gasteiger partial charge in [0.15, 0.2) is 11.5 Å². The third-order valence-electron chi connectivity index (χ3n) is 3.76. The molecule has 2 unspecified atom stereocenters. The summed E-state index contributed by atoms with van der Waals surface area (Å²) in [5, 5.41) is 11.3. The highest BCUT2D eigenvalue weighted by Gasteiger charge is 2.31. The highest BCUT2D eigenvalue weighted by Crippen LogP contribution is 2.32. The van der Waals surface area contributed by atoms with E-state index in [1.165, 1.54) is 6.92 Å². The molecule has 1 aliphatic heterocycles. The minimum Gasteiger partial charge on any atom is -0.493 e. The van der Waals surface area contributed by atoms with E-state index in [1.54, 1.807) is 20.3 Å². The zero-order chi connectivity index (χ0) is 17.0. The first-order valence-corrected chi connectivity index (χ1v) is 7.22. The first-order chi connectivity index (χ1) is 11.0. The molecule has 1 aromatic carbocycles. The van der Waals surface area contributed by atoms with Gasteiger partial charge in [-0.1, -0.05) is 6.07 Å². The maximum atomic E-state index is 12.0. The molecule has 8 nitrogen and oxygen atoms in total. The zero-order valence-electron chi connectivity index (χ0n) is 13.3. The molecule has 1 heterocycles. The largest absolute Gasteiger partial charge is 0.493 e. The van der Waals surface area contributed by atoms with Crippen molar-refractivity contribution < 1.29 is 24.2 Å². The van der Waals surface area contributed by atoms with Crippen molar-refractivity contribution in [3.63, 3.8) is 0 Å². The Balaban J connectivity index is 2.02. The van der Waals surface area contributed by atoms with Gasteiger partial charge in [-0.3, -0.25) is 9.59 Å². The number of carboxylic acids is 1. The number of carboxylic acid groups (broad SMARTS) is 1. The van der Waals surface area contributed by atoms with E-state index < -0.39 is 18.1 Å². The van der Waals surface area contributed by atoms with Crippen molar-refractivity contribution in [2.45, 2.75) is 31.5 Å². The molecule has 0 radical (unpaired) electrons. The Labute approximate surface area is 134 Å². The number of hydrazine groups is 1. The number of hydrogen-bond donors (Lipinski definition) is 4. The van der Waals surface area contributed by atoms with Crippen LogP contribution >= 0.6 is 0 Å². The van der Waals surface area contributed by atoms with Crippen molar-refractivity contribution in [1.29, 1.82) is 0 Å². The summed E-state index contributed by atoms with van der Waals surface area (Å²) in [5.41, 5.74) is 6.87. The molecule has 2 rings (SSSR count). The summed E-state index contributed by atoms with van der Waals surface area (Å²) in [6.45, 7) is 1.43. The van der Waals surface area contributed by atoms with Crippen LogP contribution in [0.3, 0.4) is 0 Å². The molecule has 3 atom stereocenters. The van der Waals surface area contributed by atoms with E-state index in [0.29, 0.717) is 17.9 Å². The lowest BCUT2D eigenvalue weighted by Crippen LogP contribution is -2.48. The highest BCUT2D eigenvalue weighted by molar-refractivity contribution is 5.86. The lowest BCUT2D eigenvalue weighted by molar-refractivity contribution is -0.141. The third-order valence-corrected chi connectivity index (χ3v) is 3.76. The lowest BCUT2D eigenvalue weighted by Gasteiger charge is -2.14. The van der Waals surface area contributed by atoms with Gasteiger partial charge in [-0.25, -0.2) is 10.9 Å². The summed E-state index contributed by atoms with van der Waals surface area (Å²) in [7, 11) is 3.13. The number of hydrogen-bond acceptors (Lipinski definition) is 6. The van der Waals surface area contributed by atoms with Crippen LogP contribution in [-0.4, -0.2) is 43.3 Å². The van der Waals surface area contributed by atoms with E-state index in [4.69, 9.17) is 14.6 Å². The molecule has 23 heavy (non-hydrogen) atoms. The van der Waals surface area contributed by atoms with Crippen molar-refractivity contribution in [2.24, 2.45) is 0 Å². The molecule has 4 N–H and O–H groups in total. The molecule has 1 saturated heterocycles. The van der Waals surface area contributed by atoms with Crippen molar-refractivity contribution >= 4 is 11.9 Å². The van der Waals surface area contributed by atoms with Gasteiger partial charge in [0.05, 0.1) is 14.2 Å². The summed E-state index contributed by atoms with van der Waals surface area (Å²) < 4.78 is 10.5. The number of aliphatic carboxylic acids is 1. The van der Waals surface area contributed by atoms with E-state index in [9.17, 15) is 9.59 Å². The molecule has 0 saturated carbocycles. The molecule has 0 aromatic heterocycles. The Bertz CT molecular complexity index is 592. The van der Waals surface area contributed by atoms with E-state index in [0.717, 1.165) is 5.56 Å². The van der Waals surface area contributed by atoms with Gasteiger partial charge in [-0.05, 0) is 31.0 Å². The summed E-state index contributed by atoms with van der Waals surface area (Å²) >= 11 is 0. The fourth-order valence-corrected chi connectivity index (χ4v) is 2.39. The van der Waals surface area contributed by atoms with Crippen LogP contribution in [0.2, 0.25) is 0 Å². The Morgan fingerprint density at radius 1 is 1.26 bits per heavy atom. The smallest absolute Gasteiger partial charge is 0.325 e. The number of benzene rings is 1. The first kappa shape index (κ1) is 17.0. The molecule has 1 aliphatic rings. The molecule has 8 heteroatoms. The normalized spacial score (nSPS) is 21.5. The third kappa shape index (κ3) is 3.91. The molecule has 1 fully saturated rings. The second-order valence-electron chi connectivity index (χ2n) is 5.31. The average molecular weight is 323 g/mol. The predicted octanol–water partition coefficient (Wildman–Crippen LogP) is 0.201. The summed E-state index contributed by atoms with van der Waals surface area (Å²) in [5.74, 6) is -0.179. The molecule has 1 amide bonds. The molecular weight excluding hydrogens is 302 g/mol. The topological polar surface area (TPSA) is 109 Å². The molecule has 126 valence electrons. The number of carbonyl (C=O) groups is 2. The number of ether oxygens (including phenoxy) is 2. The quantitative estimate of drug-likeness (QED) is 0.592. The number of carbonyl (C=O) groups excluding carboxylic acids is 1. The minimum atomic E-state index is -1.07. The molecule has 0 aliphatic carbocycles. The van der Waals surface area contributed by atoms with E-state index in [1.807, 2.05) is 12.1 Å². The van der Waals surface area contributed by atoms with E-state index in [2.05, 4.69) is 16.2 Å². The fraction of sp³-hybridized carbons (Fsp3) is 0.467. The summed E-state index contributed by atoms with van der Waals surface area (Å²) in [6.07, 6.45) is 0.494. The van der Waals surface area contributed by atoms with Crippen LogP contribution in [0.15, 0.2) is 18.2 Å². The van der Waals surface area contributed by atoms with E-state index >= 15 is 0 Å².